The highest BCUT2D eigenvalue weighted by Crippen LogP contribution is 2.16. The standard InChI is InChI=1S/C63H112O6/c1-4-7-10-13-16-19-22-25-28-31-34-37-40-43-46-49-52-55-61(64)67-58-60(69-63(66)57-54-51-48-45-42-39-36-33-30-27-24-21-18-15-12-9-6-3)59-68-62(65)56-53-50-47-44-41-38-35-32-29-26-23-20-17-14-11-8-5-2/h16,18-19,21,25,27-28,30,36,39,60H,4-15,17,20,22-24,26,29,31-35,37-38,40-59H2,1-3H3/b19-16-,21-18-,28-25-,30-27-,39-36-/t60-/m1/s1. The first kappa shape index (κ1) is 66.1. The van der Waals surface area contributed by atoms with Crippen LogP contribution in [0.25, 0.3) is 0 Å². The average molecular weight is 966 g/mol. The minimum absolute atomic E-state index is 0.0833. The maximum absolute atomic E-state index is 12.9. The number of hydrogen-bond acceptors (Lipinski definition) is 6. The number of unbranched alkanes of at least 4 members (excludes halogenated alkanes) is 33. The minimum atomic E-state index is -0.788. The van der Waals surface area contributed by atoms with Gasteiger partial charge in [-0.25, -0.2) is 0 Å². The second-order valence-electron chi connectivity index (χ2n) is 19.9. The summed E-state index contributed by atoms with van der Waals surface area (Å²) in [5.41, 5.74) is 0. The van der Waals surface area contributed by atoms with Gasteiger partial charge in [0.05, 0.1) is 0 Å². The predicted molar refractivity (Wildman–Crippen MR) is 298 cm³/mol. The molecule has 6 heteroatoms. The van der Waals surface area contributed by atoms with Crippen molar-refractivity contribution in [3.8, 4) is 0 Å². The Balaban J connectivity index is 4.41. The van der Waals surface area contributed by atoms with Crippen molar-refractivity contribution in [3.63, 3.8) is 0 Å². The van der Waals surface area contributed by atoms with Crippen LogP contribution in [0, 0.1) is 0 Å². The molecule has 400 valence electrons. The van der Waals surface area contributed by atoms with Crippen LogP contribution in [0.4, 0.5) is 0 Å². The van der Waals surface area contributed by atoms with E-state index >= 15 is 0 Å². The molecule has 0 rings (SSSR count). The summed E-state index contributed by atoms with van der Waals surface area (Å²) in [4.78, 5) is 38.2. The van der Waals surface area contributed by atoms with Crippen LogP contribution in [0.15, 0.2) is 60.8 Å². The summed E-state index contributed by atoms with van der Waals surface area (Å²) in [6, 6.07) is 0. The van der Waals surface area contributed by atoms with Crippen LogP contribution in [0.1, 0.15) is 303 Å². The van der Waals surface area contributed by atoms with Crippen LogP contribution in [0.3, 0.4) is 0 Å². The zero-order valence-electron chi connectivity index (χ0n) is 45.8. The van der Waals surface area contributed by atoms with Crippen molar-refractivity contribution in [3.05, 3.63) is 60.8 Å². The molecule has 0 heterocycles. The number of carbonyl (C=O) groups excluding carboxylic acids is 3. The van der Waals surface area contributed by atoms with Gasteiger partial charge in [0.1, 0.15) is 13.2 Å². The van der Waals surface area contributed by atoms with E-state index in [1.807, 2.05) is 0 Å². The Bertz CT molecular complexity index is 1250. The number of ether oxygens (including phenoxy) is 3. The summed E-state index contributed by atoms with van der Waals surface area (Å²) >= 11 is 0. The third-order valence-electron chi connectivity index (χ3n) is 13.0. The molecule has 0 aromatic heterocycles. The largest absolute Gasteiger partial charge is 0.462 e. The number of rotatable bonds is 54. The van der Waals surface area contributed by atoms with Crippen molar-refractivity contribution in [2.75, 3.05) is 13.2 Å². The van der Waals surface area contributed by atoms with Gasteiger partial charge in [0.25, 0.3) is 0 Å². The Hall–Kier alpha value is -2.89. The quantitative estimate of drug-likeness (QED) is 0.0262. The molecule has 0 amide bonds. The molecule has 0 aromatic carbocycles. The van der Waals surface area contributed by atoms with E-state index < -0.39 is 6.10 Å². The maximum Gasteiger partial charge on any atom is 0.306 e. The molecular formula is C63H112O6. The van der Waals surface area contributed by atoms with Crippen LogP contribution in [0.2, 0.25) is 0 Å². The Kier molecular flexibility index (Phi) is 55.3. The summed E-state index contributed by atoms with van der Waals surface area (Å²) in [7, 11) is 0. The zero-order chi connectivity index (χ0) is 50.0. The molecule has 0 aliphatic rings. The predicted octanol–water partition coefficient (Wildman–Crippen LogP) is 20.0. The summed E-state index contributed by atoms with van der Waals surface area (Å²) < 4.78 is 16.9. The normalized spacial score (nSPS) is 12.4. The molecule has 69 heavy (non-hydrogen) atoms. The fraction of sp³-hybridized carbons (Fsp3) is 0.794. The van der Waals surface area contributed by atoms with Crippen molar-refractivity contribution in [2.24, 2.45) is 0 Å². The van der Waals surface area contributed by atoms with E-state index in [9.17, 15) is 14.4 Å². The van der Waals surface area contributed by atoms with Gasteiger partial charge in [-0.2, -0.15) is 0 Å². The molecule has 0 aliphatic carbocycles. The highest BCUT2D eigenvalue weighted by molar-refractivity contribution is 5.71. The third-order valence-corrected chi connectivity index (χ3v) is 13.0. The van der Waals surface area contributed by atoms with E-state index in [-0.39, 0.29) is 31.1 Å². The molecule has 6 nitrogen and oxygen atoms in total. The molecule has 0 radical (unpaired) electrons. The zero-order valence-corrected chi connectivity index (χ0v) is 45.8. The number of allylic oxidation sites excluding steroid dienone is 10. The summed E-state index contributed by atoms with van der Waals surface area (Å²) in [6.45, 7) is 6.60. The Labute approximate surface area is 428 Å². The van der Waals surface area contributed by atoms with Gasteiger partial charge in [-0.15, -0.1) is 0 Å². The van der Waals surface area contributed by atoms with Crippen LogP contribution >= 0.6 is 0 Å². The van der Waals surface area contributed by atoms with Crippen molar-refractivity contribution < 1.29 is 28.6 Å². The lowest BCUT2D eigenvalue weighted by Gasteiger charge is -2.18. The SMILES string of the molecule is CCCCC/C=C\C/C=C\C/C=C\CCCCCCC(=O)O[C@H](COC(=O)CCCCCCCCC/C=C\C/C=C\CCCCC)COC(=O)CCCCCCCCCCCCCCCCCCC. The van der Waals surface area contributed by atoms with E-state index in [0.717, 1.165) is 96.3 Å². The van der Waals surface area contributed by atoms with E-state index in [1.54, 1.807) is 0 Å². The average Bonchev–Trinajstić information content (AvgIpc) is 3.35. The summed E-state index contributed by atoms with van der Waals surface area (Å²) in [5, 5.41) is 0. The van der Waals surface area contributed by atoms with Crippen molar-refractivity contribution in [2.45, 2.75) is 309 Å². The highest BCUT2D eigenvalue weighted by Gasteiger charge is 2.19. The second kappa shape index (κ2) is 57.7. The van der Waals surface area contributed by atoms with Gasteiger partial charge in [0.15, 0.2) is 6.10 Å². The monoisotopic (exact) mass is 965 g/mol. The molecule has 0 unspecified atom stereocenters. The number of hydrogen-bond donors (Lipinski definition) is 0. The van der Waals surface area contributed by atoms with E-state index in [1.165, 1.54) is 167 Å². The Morgan fingerprint density at radius 2 is 0.522 bits per heavy atom. The molecule has 0 saturated heterocycles. The summed E-state index contributed by atoms with van der Waals surface area (Å²) in [6.07, 6.45) is 72.0. The fourth-order valence-corrected chi connectivity index (χ4v) is 8.48. The molecular weight excluding hydrogens is 853 g/mol. The lowest BCUT2D eigenvalue weighted by molar-refractivity contribution is -0.167. The molecule has 0 N–H and O–H groups in total. The van der Waals surface area contributed by atoms with Crippen molar-refractivity contribution in [1.82, 2.24) is 0 Å². The maximum atomic E-state index is 12.9. The second-order valence-corrected chi connectivity index (χ2v) is 19.9. The molecule has 1 atom stereocenters. The summed E-state index contributed by atoms with van der Waals surface area (Å²) in [5.74, 6) is -0.899. The van der Waals surface area contributed by atoms with Gasteiger partial charge < -0.3 is 14.2 Å². The molecule has 0 aromatic rings. The molecule has 0 aliphatic heterocycles. The lowest BCUT2D eigenvalue weighted by atomic mass is 10.0. The Morgan fingerprint density at radius 1 is 0.290 bits per heavy atom. The molecule has 0 saturated carbocycles. The van der Waals surface area contributed by atoms with Crippen molar-refractivity contribution >= 4 is 17.9 Å². The van der Waals surface area contributed by atoms with Crippen molar-refractivity contribution in [1.29, 1.82) is 0 Å². The first-order valence-electron chi connectivity index (χ1n) is 29.8. The van der Waals surface area contributed by atoms with Gasteiger partial charge in [-0.1, -0.05) is 255 Å². The van der Waals surface area contributed by atoms with Crippen LogP contribution < -0.4 is 0 Å². The number of esters is 3. The fourth-order valence-electron chi connectivity index (χ4n) is 8.48. The van der Waals surface area contributed by atoms with Crippen LogP contribution in [-0.4, -0.2) is 37.2 Å². The van der Waals surface area contributed by atoms with E-state index in [0.29, 0.717) is 19.3 Å². The Morgan fingerprint density at radius 3 is 0.841 bits per heavy atom. The van der Waals surface area contributed by atoms with Gasteiger partial charge >= 0.3 is 17.9 Å². The minimum Gasteiger partial charge on any atom is -0.462 e. The topological polar surface area (TPSA) is 78.9 Å². The lowest BCUT2D eigenvalue weighted by Crippen LogP contribution is -2.30. The smallest absolute Gasteiger partial charge is 0.306 e. The van der Waals surface area contributed by atoms with Crippen LogP contribution in [0.5, 0.6) is 0 Å². The third kappa shape index (κ3) is 55.9. The molecule has 0 bridgehead atoms. The van der Waals surface area contributed by atoms with Gasteiger partial charge in [0, 0.05) is 19.3 Å². The first-order valence-corrected chi connectivity index (χ1v) is 29.8. The van der Waals surface area contributed by atoms with Crippen LogP contribution in [-0.2, 0) is 28.6 Å². The van der Waals surface area contributed by atoms with Gasteiger partial charge in [-0.3, -0.25) is 14.4 Å². The molecule has 0 fully saturated rings. The van der Waals surface area contributed by atoms with E-state index in [4.69, 9.17) is 14.2 Å². The highest BCUT2D eigenvalue weighted by atomic mass is 16.6. The number of carbonyl (C=O) groups is 3. The first-order chi connectivity index (χ1) is 34.0. The van der Waals surface area contributed by atoms with Gasteiger partial charge in [-0.05, 0) is 89.9 Å². The van der Waals surface area contributed by atoms with E-state index in [2.05, 4.69) is 81.5 Å². The van der Waals surface area contributed by atoms with Gasteiger partial charge in [0.2, 0.25) is 0 Å². The molecule has 0 spiro atoms.